The number of Topliss-reactive ketones (excluding diaryl/α,β-unsaturated/α-hetero) is 1. The molecule has 8 heteroatoms. The van der Waals surface area contributed by atoms with Crippen LogP contribution in [0, 0.1) is 0 Å². The molecule has 0 unspecified atom stereocenters. The molecule has 0 aliphatic carbocycles. The first-order chi connectivity index (χ1) is 17.4. The van der Waals surface area contributed by atoms with Crippen molar-refractivity contribution < 1.29 is 28.9 Å². The van der Waals surface area contributed by atoms with Crippen LogP contribution in [0.1, 0.15) is 44.4 Å². The van der Waals surface area contributed by atoms with Gasteiger partial charge in [0.05, 0.1) is 32.4 Å². The molecule has 36 heavy (non-hydrogen) atoms. The minimum absolute atomic E-state index is 0.0264. The van der Waals surface area contributed by atoms with Gasteiger partial charge in [-0.3, -0.25) is 9.59 Å². The molecule has 1 fully saturated rings. The lowest BCUT2D eigenvalue weighted by molar-refractivity contribution is -0.140. The number of nitrogens with zero attached hydrogens (tertiary/aromatic N) is 2. The van der Waals surface area contributed by atoms with Crippen LogP contribution < -0.4 is 14.2 Å². The zero-order valence-electron chi connectivity index (χ0n) is 21.7. The fourth-order valence-corrected chi connectivity index (χ4v) is 4.52. The number of benzene rings is 2. The SMILES string of the molecule is CCOc1ccc(C(O)=C2C(=O)C(=O)N(CCCN(CC)CC)[C@H]2c2cc(OC)ccc2OC)cc1. The van der Waals surface area contributed by atoms with Gasteiger partial charge in [0.15, 0.2) is 0 Å². The van der Waals surface area contributed by atoms with E-state index in [4.69, 9.17) is 14.2 Å². The molecule has 0 spiro atoms. The molecular weight excluding hydrogens is 460 g/mol. The van der Waals surface area contributed by atoms with Gasteiger partial charge in [0.25, 0.3) is 11.7 Å². The lowest BCUT2D eigenvalue weighted by atomic mass is 9.94. The third kappa shape index (κ3) is 5.65. The average Bonchev–Trinajstić information content (AvgIpc) is 3.15. The minimum atomic E-state index is -0.821. The van der Waals surface area contributed by atoms with Crippen molar-refractivity contribution in [3.63, 3.8) is 0 Å². The lowest BCUT2D eigenvalue weighted by Crippen LogP contribution is -2.33. The first-order valence-corrected chi connectivity index (χ1v) is 12.4. The first-order valence-electron chi connectivity index (χ1n) is 12.4. The number of aliphatic hydroxyl groups excluding tert-OH is 1. The molecule has 1 aliphatic heterocycles. The molecule has 1 N–H and O–H groups in total. The summed E-state index contributed by atoms with van der Waals surface area (Å²) in [7, 11) is 3.08. The lowest BCUT2D eigenvalue weighted by Gasteiger charge is -2.28. The average molecular weight is 497 g/mol. The van der Waals surface area contributed by atoms with Gasteiger partial charge in [-0.25, -0.2) is 0 Å². The molecule has 3 rings (SSSR count). The van der Waals surface area contributed by atoms with Crippen LogP contribution in [0.5, 0.6) is 17.2 Å². The predicted molar refractivity (Wildman–Crippen MR) is 139 cm³/mol. The fourth-order valence-electron chi connectivity index (χ4n) is 4.52. The number of carbonyl (C=O) groups excluding carboxylic acids is 2. The van der Waals surface area contributed by atoms with Crippen molar-refractivity contribution in [3.8, 4) is 17.2 Å². The summed E-state index contributed by atoms with van der Waals surface area (Å²) in [5.41, 5.74) is 1.02. The summed E-state index contributed by atoms with van der Waals surface area (Å²) in [4.78, 5) is 30.4. The van der Waals surface area contributed by atoms with E-state index >= 15 is 0 Å². The van der Waals surface area contributed by atoms with Gasteiger partial charge in [0.1, 0.15) is 23.0 Å². The van der Waals surface area contributed by atoms with Crippen LogP contribution in [0.4, 0.5) is 0 Å². The Hall–Kier alpha value is -3.52. The van der Waals surface area contributed by atoms with E-state index in [0.717, 1.165) is 19.6 Å². The minimum Gasteiger partial charge on any atom is -0.507 e. The predicted octanol–water partition coefficient (Wildman–Crippen LogP) is 4.26. The summed E-state index contributed by atoms with van der Waals surface area (Å²) in [6, 6.07) is 11.2. The van der Waals surface area contributed by atoms with Crippen molar-refractivity contribution >= 4 is 17.4 Å². The van der Waals surface area contributed by atoms with Gasteiger partial charge in [0, 0.05) is 17.7 Å². The molecule has 1 atom stereocenters. The molecule has 0 saturated carbocycles. The monoisotopic (exact) mass is 496 g/mol. The number of carbonyl (C=O) groups is 2. The second-order valence-corrected chi connectivity index (χ2v) is 8.44. The fraction of sp³-hybridized carbons (Fsp3) is 0.429. The van der Waals surface area contributed by atoms with Gasteiger partial charge in [-0.15, -0.1) is 0 Å². The Morgan fingerprint density at radius 2 is 1.64 bits per heavy atom. The third-order valence-electron chi connectivity index (χ3n) is 6.48. The van der Waals surface area contributed by atoms with Gasteiger partial charge in [-0.2, -0.15) is 0 Å². The summed E-state index contributed by atoms with van der Waals surface area (Å²) >= 11 is 0. The molecule has 1 amide bonds. The zero-order valence-corrected chi connectivity index (χ0v) is 21.7. The molecule has 1 saturated heterocycles. The standard InChI is InChI=1S/C28H36N2O6/c1-6-29(7-2)16-9-17-30-25(22-18-21(34-4)14-15-23(22)35-5)24(27(32)28(30)33)26(31)19-10-12-20(13-11-19)36-8-3/h10-15,18,25,31H,6-9,16-17H2,1-5H3/t25-/m0/s1. The van der Waals surface area contributed by atoms with Crippen LogP contribution in [-0.4, -0.2) is 73.6 Å². The Morgan fingerprint density at radius 3 is 2.22 bits per heavy atom. The first kappa shape index (κ1) is 27.1. The normalized spacial score (nSPS) is 17.1. The van der Waals surface area contributed by atoms with E-state index in [0.29, 0.717) is 47.9 Å². The van der Waals surface area contributed by atoms with Gasteiger partial charge in [0.2, 0.25) is 0 Å². The second kappa shape index (κ2) is 12.4. The molecule has 8 nitrogen and oxygen atoms in total. The highest BCUT2D eigenvalue weighted by molar-refractivity contribution is 6.46. The third-order valence-corrected chi connectivity index (χ3v) is 6.48. The van der Waals surface area contributed by atoms with Crippen LogP contribution in [0.3, 0.4) is 0 Å². The Balaban J connectivity index is 2.11. The largest absolute Gasteiger partial charge is 0.507 e. The number of rotatable bonds is 12. The smallest absolute Gasteiger partial charge is 0.295 e. The van der Waals surface area contributed by atoms with E-state index in [1.165, 1.54) is 12.0 Å². The molecule has 2 aromatic rings. The van der Waals surface area contributed by atoms with Crippen LogP contribution in [-0.2, 0) is 9.59 Å². The van der Waals surface area contributed by atoms with E-state index in [-0.39, 0.29) is 11.3 Å². The highest BCUT2D eigenvalue weighted by atomic mass is 16.5. The number of ether oxygens (including phenoxy) is 3. The van der Waals surface area contributed by atoms with Gasteiger partial charge in [-0.1, -0.05) is 13.8 Å². The Bertz CT molecular complexity index is 1090. The van der Waals surface area contributed by atoms with Crippen molar-refractivity contribution in [1.29, 1.82) is 0 Å². The number of amides is 1. The number of aliphatic hydroxyl groups is 1. The summed E-state index contributed by atoms with van der Waals surface area (Å²) in [5.74, 6) is 0.0973. The highest BCUT2D eigenvalue weighted by Gasteiger charge is 2.47. The Kier molecular flexibility index (Phi) is 9.36. The summed E-state index contributed by atoms with van der Waals surface area (Å²) in [6.45, 7) is 9.53. The molecule has 1 heterocycles. The van der Waals surface area contributed by atoms with E-state index in [9.17, 15) is 14.7 Å². The molecule has 0 aromatic heterocycles. The van der Waals surface area contributed by atoms with Crippen LogP contribution in [0.25, 0.3) is 5.76 Å². The number of hydrogen-bond donors (Lipinski definition) is 1. The van der Waals surface area contributed by atoms with Crippen molar-refractivity contribution in [3.05, 3.63) is 59.2 Å². The van der Waals surface area contributed by atoms with E-state index < -0.39 is 17.7 Å². The molecular formula is C28H36N2O6. The molecule has 0 radical (unpaired) electrons. The van der Waals surface area contributed by atoms with E-state index in [1.807, 2.05) is 6.92 Å². The topological polar surface area (TPSA) is 88.5 Å². The highest BCUT2D eigenvalue weighted by Crippen LogP contribution is 2.44. The Labute approximate surface area is 213 Å². The van der Waals surface area contributed by atoms with Crippen molar-refractivity contribution in [2.75, 3.05) is 47.0 Å². The van der Waals surface area contributed by atoms with Crippen molar-refractivity contribution in [1.82, 2.24) is 9.80 Å². The Morgan fingerprint density at radius 1 is 0.972 bits per heavy atom. The molecule has 0 bridgehead atoms. The number of hydrogen-bond acceptors (Lipinski definition) is 7. The van der Waals surface area contributed by atoms with Crippen molar-refractivity contribution in [2.24, 2.45) is 0 Å². The number of likely N-dealkylation sites (tertiary alicyclic amines) is 1. The maximum atomic E-state index is 13.3. The summed E-state index contributed by atoms with van der Waals surface area (Å²) < 4.78 is 16.5. The number of methoxy groups -OCH3 is 2. The second-order valence-electron chi connectivity index (χ2n) is 8.44. The van der Waals surface area contributed by atoms with Crippen molar-refractivity contribution in [2.45, 2.75) is 33.2 Å². The van der Waals surface area contributed by atoms with E-state index in [1.54, 1.807) is 49.6 Å². The van der Waals surface area contributed by atoms with Crippen LogP contribution in [0.2, 0.25) is 0 Å². The molecule has 2 aromatic carbocycles. The maximum absolute atomic E-state index is 13.3. The number of ketones is 1. The van der Waals surface area contributed by atoms with Gasteiger partial charge >= 0.3 is 0 Å². The molecule has 1 aliphatic rings. The van der Waals surface area contributed by atoms with Gasteiger partial charge in [-0.05, 0) is 75.4 Å². The maximum Gasteiger partial charge on any atom is 0.295 e. The van der Waals surface area contributed by atoms with E-state index in [2.05, 4.69) is 18.7 Å². The van der Waals surface area contributed by atoms with Crippen LogP contribution >= 0.6 is 0 Å². The van der Waals surface area contributed by atoms with Gasteiger partial charge < -0.3 is 29.1 Å². The summed E-state index contributed by atoms with van der Waals surface area (Å²) in [6.07, 6.45) is 0.681. The van der Waals surface area contributed by atoms with Crippen LogP contribution in [0.15, 0.2) is 48.0 Å². The summed E-state index contributed by atoms with van der Waals surface area (Å²) in [5, 5.41) is 11.3. The quantitative estimate of drug-likeness (QED) is 0.267. The zero-order chi connectivity index (χ0) is 26.2. The molecule has 194 valence electrons.